The van der Waals surface area contributed by atoms with Crippen molar-refractivity contribution < 1.29 is 4.79 Å². The molecule has 1 amide bonds. The third kappa shape index (κ3) is 3.08. The van der Waals surface area contributed by atoms with Gasteiger partial charge in [-0.3, -0.25) is 14.2 Å². The fraction of sp³-hybridized carbons (Fsp3) is 0.316. The summed E-state index contributed by atoms with van der Waals surface area (Å²) in [5.41, 5.74) is 3.47. The fourth-order valence-corrected chi connectivity index (χ4v) is 3.36. The van der Waals surface area contributed by atoms with Crippen molar-refractivity contribution in [3.63, 3.8) is 0 Å². The van der Waals surface area contributed by atoms with E-state index >= 15 is 0 Å². The third-order valence-corrected chi connectivity index (χ3v) is 4.73. The molecule has 0 atom stereocenters. The van der Waals surface area contributed by atoms with Gasteiger partial charge >= 0.3 is 0 Å². The molecule has 0 spiro atoms. The average molecular weight is 350 g/mol. The van der Waals surface area contributed by atoms with Crippen molar-refractivity contribution in [2.24, 2.45) is 14.1 Å². The second-order valence-electron chi connectivity index (χ2n) is 6.58. The van der Waals surface area contributed by atoms with Gasteiger partial charge in [-0.15, -0.1) is 0 Å². The lowest BCUT2D eigenvalue weighted by molar-refractivity contribution is 0.0747. The van der Waals surface area contributed by atoms with Gasteiger partial charge in [0.15, 0.2) is 0 Å². The largest absolute Gasteiger partial charge is 0.365 e. The van der Waals surface area contributed by atoms with Crippen LogP contribution in [0.15, 0.2) is 48.9 Å². The fourth-order valence-electron chi connectivity index (χ4n) is 3.36. The molecule has 1 aliphatic rings. The van der Waals surface area contributed by atoms with Crippen LogP contribution in [0.1, 0.15) is 10.4 Å². The van der Waals surface area contributed by atoms with Gasteiger partial charge in [0.2, 0.25) is 0 Å². The highest BCUT2D eigenvalue weighted by atomic mass is 16.2. The lowest BCUT2D eigenvalue weighted by Gasteiger charge is -2.35. The van der Waals surface area contributed by atoms with Gasteiger partial charge in [0.1, 0.15) is 5.69 Å². The zero-order chi connectivity index (χ0) is 18.1. The maximum Gasteiger partial charge on any atom is 0.257 e. The lowest BCUT2D eigenvalue weighted by atomic mass is 10.1. The quantitative estimate of drug-likeness (QED) is 0.723. The molecule has 26 heavy (non-hydrogen) atoms. The van der Waals surface area contributed by atoms with Crippen LogP contribution in [0.2, 0.25) is 0 Å². The van der Waals surface area contributed by atoms with Gasteiger partial charge in [-0.05, 0) is 0 Å². The second kappa shape index (κ2) is 6.67. The first-order valence-electron chi connectivity index (χ1n) is 8.74. The number of rotatable bonds is 3. The van der Waals surface area contributed by atoms with Gasteiger partial charge in [-0.2, -0.15) is 10.2 Å². The van der Waals surface area contributed by atoms with Crippen LogP contribution in [0, 0.1) is 0 Å². The number of piperazine rings is 1. The molecule has 0 saturated carbocycles. The molecule has 0 N–H and O–H groups in total. The number of aryl methyl sites for hydroxylation is 2. The molecule has 134 valence electrons. The maximum atomic E-state index is 13.1. The van der Waals surface area contributed by atoms with E-state index in [2.05, 4.69) is 15.1 Å². The van der Waals surface area contributed by atoms with Crippen molar-refractivity contribution >= 4 is 11.6 Å². The summed E-state index contributed by atoms with van der Waals surface area (Å²) in [6.07, 6.45) is 5.69. The number of benzene rings is 1. The van der Waals surface area contributed by atoms with Crippen molar-refractivity contribution in [2.75, 3.05) is 31.1 Å². The van der Waals surface area contributed by atoms with Crippen LogP contribution >= 0.6 is 0 Å². The molecule has 7 nitrogen and oxygen atoms in total. The number of anilines is 1. The summed E-state index contributed by atoms with van der Waals surface area (Å²) in [5, 5.41) is 8.73. The molecule has 4 rings (SSSR count). The normalized spacial score (nSPS) is 14.7. The van der Waals surface area contributed by atoms with Gasteiger partial charge in [0, 0.05) is 58.2 Å². The predicted octanol–water partition coefficient (Wildman–Crippen LogP) is 1.78. The molecular formula is C19H22N6O. The number of nitrogens with zero attached hydrogens (tertiary/aromatic N) is 6. The van der Waals surface area contributed by atoms with E-state index in [-0.39, 0.29) is 5.91 Å². The van der Waals surface area contributed by atoms with Crippen LogP contribution in [-0.2, 0) is 14.1 Å². The van der Waals surface area contributed by atoms with Gasteiger partial charge in [0.25, 0.3) is 5.91 Å². The van der Waals surface area contributed by atoms with Crippen LogP contribution in [0.3, 0.4) is 0 Å². The van der Waals surface area contributed by atoms with Crippen molar-refractivity contribution in [1.29, 1.82) is 0 Å². The summed E-state index contributed by atoms with van der Waals surface area (Å²) >= 11 is 0. The van der Waals surface area contributed by atoms with Gasteiger partial charge in [-0.1, -0.05) is 30.3 Å². The van der Waals surface area contributed by atoms with Crippen LogP contribution in [0.5, 0.6) is 0 Å². The first-order chi connectivity index (χ1) is 12.6. The predicted molar refractivity (Wildman–Crippen MR) is 100.0 cm³/mol. The standard InChI is InChI=1S/C19H22N6O/c1-22-13-16(12-20-22)24-8-10-25(11-9-24)19(26)17-14-23(2)21-18(17)15-6-4-3-5-7-15/h3-7,12-14H,8-11H2,1-2H3. The van der Waals surface area contributed by atoms with Crippen molar-refractivity contribution in [3.05, 3.63) is 54.5 Å². The number of hydrogen-bond acceptors (Lipinski definition) is 4. The number of aromatic nitrogens is 4. The van der Waals surface area contributed by atoms with Gasteiger partial charge in [0.05, 0.1) is 17.4 Å². The number of carbonyl (C=O) groups is 1. The van der Waals surface area contributed by atoms with Crippen LogP contribution in [-0.4, -0.2) is 56.5 Å². The van der Waals surface area contributed by atoms with E-state index in [1.54, 1.807) is 9.36 Å². The molecule has 2 aromatic heterocycles. The molecule has 3 heterocycles. The van der Waals surface area contributed by atoms with Crippen LogP contribution < -0.4 is 4.90 Å². The molecule has 3 aromatic rings. The summed E-state index contributed by atoms with van der Waals surface area (Å²) in [6.45, 7) is 2.99. The first kappa shape index (κ1) is 16.4. The Kier molecular flexibility index (Phi) is 4.20. The minimum absolute atomic E-state index is 0.0442. The van der Waals surface area contributed by atoms with E-state index in [0.717, 1.165) is 30.0 Å². The van der Waals surface area contributed by atoms with Crippen molar-refractivity contribution in [2.45, 2.75) is 0 Å². The summed E-state index contributed by atoms with van der Waals surface area (Å²) in [6, 6.07) is 9.86. The Morgan fingerprint density at radius 1 is 0.962 bits per heavy atom. The lowest BCUT2D eigenvalue weighted by Crippen LogP contribution is -2.48. The Balaban J connectivity index is 1.51. The number of carbonyl (C=O) groups excluding carboxylic acids is 1. The Morgan fingerprint density at radius 2 is 1.69 bits per heavy atom. The van der Waals surface area contributed by atoms with Crippen LogP contribution in [0.4, 0.5) is 5.69 Å². The maximum absolute atomic E-state index is 13.1. The molecule has 1 aliphatic heterocycles. The van der Waals surface area contributed by atoms with Gasteiger partial charge in [-0.25, -0.2) is 0 Å². The Labute approximate surface area is 152 Å². The van der Waals surface area contributed by atoms with Crippen molar-refractivity contribution in [3.8, 4) is 11.3 Å². The molecule has 7 heteroatoms. The highest BCUT2D eigenvalue weighted by molar-refractivity contribution is 6.00. The van der Waals surface area contributed by atoms with E-state index in [9.17, 15) is 4.79 Å². The summed E-state index contributed by atoms with van der Waals surface area (Å²) in [5.74, 6) is 0.0442. The molecular weight excluding hydrogens is 328 g/mol. The average Bonchev–Trinajstić information content (AvgIpc) is 3.28. The zero-order valence-corrected chi connectivity index (χ0v) is 15.0. The topological polar surface area (TPSA) is 59.2 Å². The van der Waals surface area contributed by atoms with Crippen molar-refractivity contribution in [1.82, 2.24) is 24.5 Å². The molecule has 0 bridgehead atoms. The smallest absolute Gasteiger partial charge is 0.257 e. The highest BCUT2D eigenvalue weighted by Crippen LogP contribution is 2.24. The summed E-state index contributed by atoms with van der Waals surface area (Å²) in [4.78, 5) is 17.3. The highest BCUT2D eigenvalue weighted by Gasteiger charge is 2.26. The molecule has 1 saturated heterocycles. The van der Waals surface area contributed by atoms with E-state index in [4.69, 9.17) is 0 Å². The van der Waals surface area contributed by atoms with E-state index in [1.165, 1.54) is 0 Å². The summed E-state index contributed by atoms with van der Waals surface area (Å²) < 4.78 is 3.51. The zero-order valence-electron chi connectivity index (χ0n) is 15.0. The minimum Gasteiger partial charge on any atom is -0.365 e. The molecule has 0 aliphatic carbocycles. The second-order valence-corrected chi connectivity index (χ2v) is 6.58. The van der Waals surface area contributed by atoms with E-state index < -0.39 is 0 Å². The van der Waals surface area contributed by atoms with E-state index in [0.29, 0.717) is 18.7 Å². The Bertz CT molecular complexity index is 905. The van der Waals surface area contributed by atoms with Gasteiger partial charge < -0.3 is 9.80 Å². The summed E-state index contributed by atoms with van der Waals surface area (Å²) in [7, 11) is 3.76. The third-order valence-electron chi connectivity index (χ3n) is 4.73. The number of amides is 1. The van der Waals surface area contributed by atoms with E-state index in [1.807, 2.05) is 67.9 Å². The molecule has 1 aromatic carbocycles. The molecule has 1 fully saturated rings. The molecule has 0 unspecified atom stereocenters. The van der Waals surface area contributed by atoms with Crippen LogP contribution in [0.25, 0.3) is 11.3 Å². The Hall–Kier alpha value is -3.09. The number of hydrogen-bond donors (Lipinski definition) is 0. The Morgan fingerprint density at radius 3 is 2.35 bits per heavy atom. The SMILES string of the molecule is Cn1cc(N2CCN(C(=O)c3cn(C)nc3-c3ccccc3)CC2)cn1. The monoisotopic (exact) mass is 350 g/mol. The first-order valence-corrected chi connectivity index (χ1v) is 8.74. The molecule has 0 radical (unpaired) electrons. The minimum atomic E-state index is 0.0442.